The number of nitrogens with zero attached hydrogens (tertiary/aromatic N) is 2. The van der Waals surface area contributed by atoms with Gasteiger partial charge in [-0.3, -0.25) is 13.9 Å². The first-order valence-corrected chi connectivity index (χ1v) is 13.8. The maximum atomic E-state index is 13.6. The fraction of sp³-hybridized carbons (Fsp3) is 0.440. The van der Waals surface area contributed by atoms with E-state index in [-0.39, 0.29) is 18.4 Å². The molecule has 2 amide bonds. The van der Waals surface area contributed by atoms with E-state index in [1.54, 1.807) is 25.1 Å². The van der Waals surface area contributed by atoms with Gasteiger partial charge in [-0.05, 0) is 61.6 Å². The summed E-state index contributed by atoms with van der Waals surface area (Å²) < 4.78 is 27.2. The van der Waals surface area contributed by atoms with Crippen molar-refractivity contribution in [1.29, 1.82) is 0 Å². The molecule has 0 saturated heterocycles. The summed E-state index contributed by atoms with van der Waals surface area (Å²) in [6.07, 6.45) is 1.07. The van der Waals surface area contributed by atoms with Crippen molar-refractivity contribution < 1.29 is 18.0 Å². The van der Waals surface area contributed by atoms with Gasteiger partial charge in [-0.15, -0.1) is 0 Å². The van der Waals surface area contributed by atoms with Crippen LogP contribution in [0.25, 0.3) is 0 Å². The van der Waals surface area contributed by atoms with Crippen molar-refractivity contribution in [1.82, 2.24) is 10.2 Å². The lowest BCUT2D eigenvalue weighted by Crippen LogP contribution is -2.51. The van der Waals surface area contributed by atoms with Gasteiger partial charge in [-0.2, -0.15) is 0 Å². The number of benzene rings is 2. The molecule has 0 aliphatic heterocycles. The Kier molecular flexibility index (Phi) is 9.70. The number of hydrogen-bond donors (Lipinski definition) is 1. The van der Waals surface area contributed by atoms with E-state index in [1.807, 2.05) is 52.0 Å². The first-order valence-electron chi connectivity index (χ1n) is 11.2. The lowest BCUT2D eigenvalue weighted by atomic mass is 10.1. The summed E-state index contributed by atoms with van der Waals surface area (Å²) >= 11 is 3.42. The van der Waals surface area contributed by atoms with Crippen molar-refractivity contribution in [3.63, 3.8) is 0 Å². The first kappa shape index (κ1) is 27.9. The largest absolute Gasteiger partial charge is 0.354 e. The normalized spacial score (nSPS) is 12.4. The number of hydrogen-bond acceptors (Lipinski definition) is 4. The lowest BCUT2D eigenvalue weighted by Gasteiger charge is -2.32. The van der Waals surface area contributed by atoms with Gasteiger partial charge in [0.25, 0.3) is 0 Å². The van der Waals surface area contributed by atoms with E-state index in [2.05, 4.69) is 21.2 Å². The van der Waals surface area contributed by atoms with Crippen LogP contribution in [0.4, 0.5) is 5.69 Å². The lowest BCUT2D eigenvalue weighted by molar-refractivity contribution is -0.139. The van der Waals surface area contributed by atoms with Crippen molar-refractivity contribution in [3.05, 3.63) is 63.6 Å². The van der Waals surface area contributed by atoms with Crippen LogP contribution in [0, 0.1) is 19.8 Å². The van der Waals surface area contributed by atoms with Gasteiger partial charge in [-0.1, -0.05) is 54.0 Å². The monoisotopic (exact) mass is 551 g/mol. The van der Waals surface area contributed by atoms with Crippen LogP contribution < -0.4 is 9.62 Å². The fourth-order valence-corrected chi connectivity index (χ4v) is 4.49. The van der Waals surface area contributed by atoms with E-state index in [9.17, 15) is 18.0 Å². The maximum absolute atomic E-state index is 13.6. The third-order valence-corrected chi connectivity index (χ3v) is 7.59. The van der Waals surface area contributed by atoms with E-state index >= 15 is 0 Å². The highest BCUT2D eigenvalue weighted by Gasteiger charge is 2.30. The van der Waals surface area contributed by atoms with Crippen molar-refractivity contribution in [2.75, 3.05) is 23.7 Å². The number of sulfonamides is 1. The quantitative estimate of drug-likeness (QED) is 0.483. The van der Waals surface area contributed by atoms with Crippen LogP contribution in [0.3, 0.4) is 0 Å². The fourth-order valence-electron chi connectivity index (χ4n) is 3.40. The number of carbonyl (C=O) groups is 2. The number of nitrogens with one attached hydrogen (secondary N) is 1. The molecule has 0 fully saturated rings. The zero-order valence-corrected chi connectivity index (χ0v) is 23.0. The summed E-state index contributed by atoms with van der Waals surface area (Å²) in [6.45, 7) is 9.71. The van der Waals surface area contributed by atoms with Crippen LogP contribution >= 0.6 is 15.9 Å². The summed E-state index contributed by atoms with van der Waals surface area (Å²) in [7, 11) is -3.75. The zero-order chi connectivity index (χ0) is 25.6. The van der Waals surface area contributed by atoms with Gasteiger partial charge in [0.2, 0.25) is 21.8 Å². The SMILES string of the molecule is Cc1cc(N(CC(=O)N(Cc2ccccc2C)C(C)C(=O)NCC(C)C)S(C)(=O)=O)ccc1Br. The standard InChI is InChI=1S/C25H34BrN3O4S/c1-17(2)14-27-25(31)20(5)28(15-21-10-8-7-9-18(21)3)24(30)16-29(34(6,32)33)22-11-12-23(26)19(4)13-22/h7-13,17,20H,14-16H2,1-6H3,(H,27,31). The first-order chi connectivity index (χ1) is 15.8. The average Bonchev–Trinajstić information content (AvgIpc) is 2.75. The Morgan fingerprint density at radius 3 is 2.24 bits per heavy atom. The van der Waals surface area contributed by atoms with Crippen LogP contribution in [0.5, 0.6) is 0 Å². The molecule has 0 saturated carbocycles. The Labute approximate surface area is 211 Å². The molecule has 1 atom stereocenters. The maximum Gasteiger partial charge on any atom is 0.244 e. The minimum absolute atomic E-state index is 0.193. The predicted molar refractivity (Wildman–Crippen MR) is 140 cm³/mol. The van der Waals surface area contributed by atoms with Gasteiger partial charge >= 0.3 is 0 Å². The Balaban J connectivity index is 2.40. The predicted octanol–water partition coefficient (Wildman–Crippen LogP) is 4.02. The molecule has 2 rings (SSSR count). The van der Waals surface area contributed by atoms with E-state index in [0.717, 1.165) is 31.7 Å². The molecule has 9 heteroatoms. The summed E-state index contributed by atoms with van der Waals surface area (Å²) in [5.74, 6) is -0.472. The number of anilines is 1. The Morgan fingerprint density at radius 2 is 1.68 bits per heavy atom. The van der Waals surface area contributed by atoms with Crippen molar-refractivity contribution in [2.24, 2.45) is 5.92 Å². The molecule has 2 aromatic carbocycles. The Bertz CT molecular complexity index is 1130. The van der Waals surface area contributed by atoms with E-state index in [0.29, 0.717) is 12.2 Å². The molecule has 0 radical (unpaired) electrons. The molecule has 0 aliphatic rings. The van der Waals surface area contributed by atoms with Crippen molar-refractivity contribution in [2.45, 2.75) is 47.2 Å². The smallest absolute Gasteiger partial charge is 0.244 e. The number of rotatable bonds is 10. The Hall–Kier alpha value is -2.39. The molecular weight excluding hydrogens is 518 g/mol. The topological polar surface area (TPSA) is 86.8 Å². The summed E-state index contributed by atoms with van der Waals surface area (Å²) in [5, 5.41) is 2.88. The third-order valence-electron chi connectivity index (χ3n) is 5.56. The molecular formula is C25H34BrN3O4S. The molecule has 34 heavy (non-hydrogen) atoms. The van der Waals surface area contributed by atoms with Crippen LogP contribution in [-0.2, 0) is 26.2 Å². The molecule has 0 aliphatic carbocycles. The second kappa shape index (κ2) is 11.8. The number of carbonyl (C=O) groups excluding carboxylic acids is 2. The summed E-state index contributed by atoms with van der Waals surface area (Å²) in [4.78, 5) is 27.9. The summed E-state index contributed by atoms with van der Waals surface area (Å²) in [6, 6.07) is 12.0. The molecule has 2 aromatic rings. The van der Waals surface area contributed by atoms with Crippen LogP contribution in [-0.4, -0.2) is 50.5 Å². The van der Waals surface area contributed by atoms with Crippen molar-refractivity contribution >= 4 is 43.5 Å². The van der Waals surface area contributed by atoms with Gasteiger partial charge in [0.1, 0.15) is 12.6 Å². The minimum atomic E-state index is -3.75. The number of aryl methyl sites for hydroxylation is 2. The van der Waals surface area contributed by atoms with Crippen molar-refractivity contribution in [3.8, 4) is 0 Å². The molecule has 1 N–H and O–H groups in total. The van der Waals surface area contributed by atoms with E-state index in [4.69, 9.17) is 0 Å². The van der Waals surface area contributed by atoms with Crippen LogP contribution in [0.1, 0.15) is 37.5 Å². The molecule has 0 aromatic heterocycles. The number of halogens is 1. The molecule has 7 nitrogen and oxygen atoms in total. The highest BCUT2D eigenvalue weighted by Crippen LogP contribution is 2.25. The second-order valence-corrected chi connectivity index (χ2v) is 11.7. The van der Waals surface area contributed by atoms with Gasteiger partial charge in [0, 0.05) is 17.6 Å². The molecule has 0 bridgehead atoms. The van der Waals surface area contributed by atoms with Gasteiger partial charge in [-0.25, -0.2) is 8.42 Å². The molecule has 186 valence electrons. The van der Waals surface area contributed by atoms with E-state index in [1.165, 1.54) is 4.90 Å². The summed E-state index contributed by atoms with van der Waals surface area (Å²) in [5.41, 5.74) is 3.12. The Morgan fingerprint density at radius 1 is 1.03 bits per heavy atom. The molecule has 0 heterocycles. The number of amides is 2. The molecule has 0 spiro atoms. The highest BCUT2D eigenvalue weighted by molar-refractivity contribution is 9.10. The highest BCUT2D eigenvalue weighted by atomic mass is 79.9. The average molecular weight is 553 g/mol. The third kappa shape index (κ3) is 7.56. The second-order valence-electron chi connectivity index (χ2n) is 8.97. The van der Waals surface area contributed by atoms with Gasteiger partial charge in [0.15, 0.2) is 0 Å². The van der Waals surface area contributed by atoms with E-state index < -0.39 is 28.5 Å². The zero-order valence-electron chi connectivity index (χ0n) is 20.6. The van der Waals surface area contributed by atoms with Crippen LogP contribution in [0.15, 0.2) is 46.9 Å². The van der Waals surface area contributed by atoms with Crippen LogP contribution in [0.2, 0.25) is 0 Å². The van der Waals surface area contributed by atoms with Gasteiger partial charge in [0.05, 0.1) is 11.9 Å². The van der Waals surface area contributed by atoms with Gasteiger partial charge < -0.3 is 10.2 Å². The minimum Gasteiger partial charge on any atom is -0.354 e. The molecule has 1 unspecified atom stereocenters.